The van der Waals surface area contributed by atoms with Crippen molar-refractivity contribution in [1.29, 1.82) is 0 Å². The second kappa shape index (κ2) is 6.22. The van der Waals surface area contributed by atoms with E-state index in [1.54, 1.807) is 20.8 Å². The molecule has 0 amide bonds. The number of hydrogen-bond acceptors (Lipinski definition) is 5. The minimum absolute atomic E-state index is 0.249. The molecule has 5 nitrogen and oxygen atoms in total. The lowest BCUT2D eigenvalue weighted by Gasteiger charge is -2.32. The van der Waals surface area contributed by atoms with E-state index in [0.29, 0.717) is 6.29 Å². The number of ether oxygens (including phenoxy) is 1. The van der Waals surface area contributed by atoms with Gasteiger partial charge in [0.2, 0.25) is 0 Å². The van der Waals surface area contributed by atoms with E-state index in [2.05, 4.69) is 0 Å². The molecule has 1 aromatic rings. The van der Waals surface area contributed by atoms with Crippen LogP contribution in [0.3, 0.4) is 0 Å². The number of aldehydes is 1. The average Bonchev–Trinajstić information content (AvgIpc) is 2.64. The highest BCUT2D eigenvalue weighted by Crippen LogP contribution is 2.36. The van der Waals surface area contributed by atoms with E-state index in [0.717, 1.165) is 0 Å². The number of hydrogen-bond donors (Lipinski definition) is 0. The Bertz CT molecular complexity index is 690. The van der Waals surface area contributed by atoms with Gasteiger partial charge < -0.3 is 14.0 Å². The predicted molar refractivity (Wildman–Crippen MR) is 92.7 cm³/mol. The van der Waals surface area contributed by atoms with Crippen LogP contribution >= 0.6 is 0 Å². The molecule has 1 aliphatic rings. The Balaban J connectivity index is 2.42. The first-order valence-corrected chi connectivity index (χ1v) is 8.15. The summed E-state index contributed by atoms with van der Waals surface area (Å²) in [5, 5.41) is 0. The minimum Gasteiger partial charge on any atom is -0.456 e. The normalized spacial score (nSPS) is 19.0. The smallest absolute Gasteiger partial charge is 0.456 e. The Labute approximate surface area is 148 Å². The highest BCUT2D eigenvalue weighted by Gasteiger charge is 2.52. The van der Waals surface area contributed by atoms with Crippen molar-refractivity contribution in [3.05, 3.63) is 29.1 Å². The van der Waals surface area contributed by atoms with Crippen LogP contribution in [0.1, 0.15) is 69.2 Å². The Hall–Kier alpha value is -1.73. The Morgan fingerprint density at radius 2 is 1.68 bits per heavy atom. The largest absolute Gasteiger partial charge is 0.495 e. The quantitative estimate of drug-likeness (QED) is 0.477. The lowest BCUT2D eigenvalue weighted by molar-refractivity contribution is 0.00578. The summed E-state index contributed by atoms with van der Waals surface area (Å²) >= 11 is 0. The molecule has 1 heterocycles. The molecule has 1 saturated heterocycles. The average molecular weight is 350 g/mol. The lowest BCUT2D eigenvalue weighted by atomic mass is 9.75. The molecule has 0 N–H and O–H groups in total. The number of carbonyl (C=O) groups is 2. The Kier molecular flexibility index (Phi) is 4.87. The van der Waals surface area contributed by atoms with Crippen LogP contribution < -0.4 is 5.46 Å². The fourth-order valence-electron chi connectivity index (χ4n) is 2.39. The first-order valence-electron chi connectivity index (χ1n) is 8.15. The molecular weight excluding hydrogens is 326 g/mol. The van der Waals surface area contributed by atoms with Crippen molar-refractivity contribution in [2.24, 2.45) is 0 Å². The van der Waals surface area contributed by atoms with Crippen LogP contribution in [-0.4, -0.2) is 36.2 Å². The van der Waals surface area contributed by atoms with Crippen LogP contribution in [0.4, 0.5) is 4.39 Å². The number of carbonyl (C=O) groups excluding carboxylic acids is 2. The van der Waals surface area contributed by atoms with Crippen molar-refractivity contribution >= 4 is 24.8 Å². The number of rotatable bonds is 3. The molecule has 1 aliphatic heterocycles. The summed E-state index contributed by atoms with van der Waals surface area (Å²) in [6, 6.07) is 2.75. The van der Waals surface area contributed by atoms with Crippen molar-refractivity contribution in [2.45, 2.75) is 65.3 Å². The number of halogens is 1. The van der Waals surface area contributed by atoms with E-state index in [1.807, 2.05) is 27.7 Å². The summed E-state index contributed by atoms with van der Waals surface area (Å²) in [5.74, 6) is -1.76. The van der Waals surface area contributed by atoms with Crippen LogP contribution in [-0.2, 0) is 14.0 Å². The zero-order valence-corrected chi connectivity index (χ0v) is 15.7. The third-order valence-corrected chi connectivity index (χ3v) is 4.46. The summed E-state index contributed by atoms with van der Waals surface area (Å²) < 4.78 is 31.7. The van der Waals surface area contributed by atoms with Gasteiger partial charge in [0.25, 0.3) is 0 Å². The lowest BCUT2D eigenvalue weighted by Crippen LogP contribution is -2.41. The molecule has 0 spiro atoms. The van der Waals surface area contributed by atoms with Crippen LogP contribution in [0.2, 0.25) is 0 Å². The maximum atomic E-state index is 14.8. The number of esters is 1. The molecule has 0 aromatic heterocycles. The van der Waals surface area contributed by atoms with Crippen molar-refractivity contribution in [2.75, 3.05) is 0 Å². The molecule has 2 rings (SSSR count). The topological polar surface area (TPSA) is 61.8 Å². The second-order valence-electron chi connectivity index (χ2n) is 8.14. The van der Waals surface area contributed by atoms with E-state index < -0.39 is 35.7 Å². The molecule has 0 aliphatic carbocycles. The van der Waals surface area contributed by atoms with Crippen LogP contribution in [0, 0.1) is 5.82 Å². The van der Waals surface area contributed by atoms with E-state index in [-0.39, 0.29) is 16.6 Å². The molecule has 0 unspecified atom stereocenters. The van der Waals surface area contributed by atoms with E-state index in [9.17, 15) is 14.0 Å². The predicted octanol–water partition coefficient (Wildman–Crippen LogP) is 2.89. The van der Waals surface area contributed by atoms with Crippen LogP contribution in [0.25, 0.3) is 0 Å². The fraction of sp³-hybridized carbons (Fsp3) is 0.556. The fourth-order valence-corrected chi connectivity index (χ4v) is 2.39. The second-order valence-corrected chi connectivity index (χ2v) is 8.14. The zero-order chi connectivity index (χ0) is 19.2. The van der Waals surface area contributed by atoms with Crippen molar-refractivity contribution in [3.63, 3.8) is 0 Å². The van der Waals surface area contributed by atoms with Crippen LogP contribution in [0.5, 0.6) is 0 Å². The van der Waals surface area contributed by atoms with Crippen molar-refractivity contribution < 1.29 is 28.0 Å². The Morgan fingerprint density at radius 1 is 1.16 bits per heavy atom. The van der Waals surface area contributed by atoms with Gasteiger partial charge >= 0.3 is 13.1 Å². The minimum atomic E-state index is -0.934. The van der Waals surface area contributed by atoms with Gasteiger partial charge in [0.05, 0.1) is 22.3 Å². The summed E-state index contributed by atoms with van der Waals surface area (Å²) in [4.78, 5) is 23.6. The van der Waals surface area contributed by atoms with Crippen LogP contribution in [0.15, 0.2) is 12.1 Å². The van der Waals surface area contributed by atoms with Gasteiger partial charge in [0, 0.05) is 0 Å². The summed E-state index contributed by atoms with van der Waals surface area (Å²) in [6.45, 7) is 12.5. The summed E-state index contributed by atoms with van der Waals surface area (Å²) in [7, 11) is -0.896. The molecule has 7 heteroatoms. The molecule has 1 aromatic carbocycles. The maximum absolute atomic E-state index is 14.8. The number of benzene rings is 1. The first kappa shape index (κ1) is 19.6. The molecule has 0 saturated carbocycles. The van der Waals surface area contributed by atoms with Gasteiger partial charge in [-0.05, 0) is 60.0 Å². The highest BCUT2D eigenvalue weighted by atomic mass is 19.1. The molecular formula is C18H24BFO5. The maximum Gasteiger partial charge on any atom is 0.495 e. The van der Waals surface area contributed by atoms with Gasteiger partial charge in [0.1, 0.15) is 11.4 Å². The Morgan fingerprint density at radius 3 is 2.12 bits per heavy atom. The summed E-state index contributed by atoms with van der Waals surface area (Å²) in [6.07, 6.45) is 0.365. The molecule has 25 heavy (non-hydrogen) atoms. The standard InChI is InChI=1S/C18H24BFO5/c1-16(2,3)23-15(22)11-8-9-13(12(10-21)14(11)20)19-24-17(4,5)18(6,7)25-19/h8-10H,1-7H3. The van der Waals surface area contributed by atoms with Crippen molar-refractivity contribution in [1.82, 2.24) is 0 Å². The van der Waals surface area contributed by atoms with Gasteiger partial charge in [-0.25, -0.2) is 9.18 Å². The van der Waals surface area contributed by atoms with E-state index >= 15 is 0 Å². The molecule has 0 atom stereocenters. The van der Waals surface area contributed by atoms with Gasteiger partial charge in [-0.2, -0.15) is 0 Å². The van der Waals surface area contributed by atoms with Crippen molar-refractivity contribution in [3.8, 4) is 0 Å². The molecule has 0 radical (unpaired) electrons. The SMILES string of the molecule is CC(C)(C)OC(=O)c1ccc(B2OC(C)(C)C(C)(C)O2)c(C=O)c1F. The first-order chi connectivity index (χ1) is 11.3. The molecule has 0 bridgehead atoms. The zero-order valence-electron chi connectivity index (χ0n) is 15.7. The van der Waals surface area contributed by atoms with E-state index in [4.69, 9.17) is 14.0 Å². The summed E-state index contributed by atoms with van der Waals surface area (Å²) in [5.41, 5.74) is -2.33. The monoisotopic (exact) mass is 350 g/mol. The van der Waals surface area contributed by atoms with Gasteiger partial charge in [-0.15, -0.1) is 0 Å². The van der Waals surface area contributed by atoms with Gasteiger partial charge in [-0.1, -0.05) is 6.07 Å². The molecule has 1 fully saturated rings. The van der Waals surface area contributed by atoms with Gasteiger partial charge in [0.15, 0.2) is 6.29 Å². The third kappa shape index (κ3) is 3.77. The molecule has 136 valence electrons. The van der Waals surface area contributed by atoms with E-state index in [1.165, 1.54) is 12.1 Å². The third-order valence-electron chi connectivity index (χ3n) is 4.46. The highest BCUT2D eigenvalue weighted by molar-refractivity contribution is 6.63. The van der Waals surface area contributed by atoms with Gasteiger partial charge in [-0.3, -0.25) is 4.79 Å².